The highest BCUT2D eigenvalue weighted by atomic mass is 32.1. The molecule has 0 N–H and O–H groups in total. The molecule has 8 heteroatoms. The molecule has 0 aliphatic heterocycles. The molecule has 0 bridgehead atoms. The van der Waals surface area contributed by atoms with E-state index in [1.54, 1.807) is 0 Å². The zero-order chi connectivity index (χ0) is 18.1. The molecule has 0 unspecified atom stereocenters. The number of rotatable bonds is 4. The second kappa shape index (κ2) is 6.64. The van der Waals surface area contributed by atoms with Gasteiger partial charge in [-0.15, -0.1) is 16.4 Å². The van der Waals surface area contributed by atoms with Crippen molar-refractivity contribution in [3.63, 3.8) is 0 Å². The van der Waals surface area contributed by atoms with Crippen molar-refractivity contribution in [3.05, 3.63) is 64.7 Å². The summed E-state index contributed by atoms with van der Waals surface area (Å²) in [6.07, 6.45) is 0. The molecular formula is C18H15N5O2S. The molecule has 0 saturated carbocycles. The third kappa shape index (κ3) is 3.18. The van der Waals surface area contributed by atoms with E-state index < -0.39 is 5.97 Å². The summed E-state index contributed by atoms with van der Waals surface area (Å²) in [7, 11) is 0. The summed E-state index contributed by atoms with van der Waals surface area (Å²) in [5.74, 6) is -0.221. The van der Waals surface area contributed by atoms with E-state index in [2.05, 4.69) is 20.1 Å². The second-order valence-electron chi connectivity index (χ2n) is 5.77. The van der Waals surface area contributed by atoms with E-state index in [0.717, 1.165) is 22.0 Å². The Hall–Kier alpha value is -3.13. The van der Waals surface area contributed by atoms with Gasteiger partial charge in [0.05, 0.1) is 5.69 Å². The number of nitrogens with zero attached hydrogens (tertiary/aromatic N) is 5. The summed E-state index contributed by atoms with van der Waals surface area (Å²) in [5, 5.41) is 6.93. The molecule has 26 heavy (non-hydrogen) atoms. The Morgan fingerprint density at radius 2 is 1.96 bits per heavy atom. The predicted molar refractivity (Wildman–Crippen MR) is 96.9 cm³/mol. The Bertz CT molecular complexity index is 1090. The molecule has 3 aromatic heterocycles. The maximum Gasteiger partial charge on any atom is 0.378 e. The first-order chi connectivity index (χ1) is 12.6. The minimum absolute atomic E-state index is 0.00953. The van der Waals surface area contributed by atoms with Gasteiger partial charge >= 0.3 is 5.97 Å². The van der Waals surface area contributed by atoms with Crippen LogP contribution < -0.4 is 0 Å². The van der Waals surface area contributed by atoms with Crippen LogP contribution in [0.2, 0.25) is 0 Å². The van der Waals surface area contributed by atoms with Crippen molar-refractivity contribution in [1.82, 2.24) is 24.6 Å². The third-order valence-electron chi connectivity index (χ3n) is 3.72. The number of benzene rings is 1. The maximum absolute atomic E-state index is 12.2. The number of fused-ring (bicyclic) bond motifs is 1. The van der Waals surface area contributed by atoms with Crippen LogP contribution in [0.1, 0.15) is 27.7 Å². The first-order valence-corrected chi connectivity index (χ1v) is 8.86. The Balaban J connectivity index is 1.48. The number of ether oxygens (including phenoxy) is 1. The van der Waals surface area contributed by atoms with E-state index in [-0.39, 0.29) is 12.4 Å². The van der Waals surface area contributed by atoms with Gasteiger partial charge in [0, 0.05) is 22.3 Å². The Morgan fingerprint density at radius 3 is 2.77 bits per heavy atom. The molecule has 0 radical (unpaired) electrons. The summed E-state index contributed by atoms with van der Waals surface area (Å²) in [4.78, 5) is 25.2. The fourth-order valence-electron chi connectivity index (χ4n) is 2.54. The van der Waals surface area contributed by atoms with Gasteiger partial charge in [-0.1, -0.05) is 30.3 Å². The minimum atomic E-state index is -0.596. The number of aromatic nitrogens is 5. The molecule has 3 heterocycles. The van der Waals surface area contributed by atoms with Crippen molar-refractivity contribution >= 4 is 23.1 Å². The summed E-state index contributed by atoms with van der Waals surface area (Å²) in [6.45, 7) is 3.82. The van der Waals surface area contributed by atoms with Crippen LogP contribution >= 0.6 is 11.3 Å². The third-order valence-corrected chi connectivity index (χ3v) is 4.66. The van der Waals surface area contributed by atoms with Crippen molar-refractivity contribution in [3.8, 4) is 10.6 Å². The van der Waals surface area contributed by atoms with Crippen LogP contribution in [0, 0.1) is 13.8 Å². The number of carbonyl (C=O) groups excluding carboxylic acids is 1. The van der Waals surface area contributed by atoms with Crippen LogP contribution in [-0.2, 0) is 11.3 Å². The van der Waals surface area contributed by atoms with Crippen molar-refractivity contribution in [2.24, 2.45) is 0 Å². The molecule has 0 atom stereocenters. The highest BCUT2D eigenvalue weighted by Gasteiger charge is 2.17. The van der Waals surface area contributed by atoms with E-state index in [0.29, 0.717) is 11.5 Å². The van der Waals surface area contributed by atoms with Crippen molar-refractivity contribution < 1.29 is 9.53 Å². The number of hydrogen-bond acceptors (Lipinski definition) is 7. The standard InChI is InChI=1S/C18H15N5O2S/c1-11-8-12(2)23-18(19-11)21-15(22-23)17(24)25-9-14-10-26-16(20-14)13-6-4-3-5-7-13/h3-8,10H,9H2,1-2H3. The maximum atomic E-state index is 12.2. The van der Waals surface area contributed by atoms with E-state index in [9.17, 15) is 4.79 Å². The van der Waals surface area contributed by atoms with Gasteiger partial charge < -0.3 is 4.74 Å². The Morgan fingerprint density at radius 1 is 1.15 bits per heavy atom. The average Bonchev–Trinajstić information content (AvgIpc) is 3.27. The molecule has 0 aliphatic carbocycles. The van der Waals surface area contributed by atoms with E-state index in [4.69, 9.17) is 4.74 Å². The van der Waals surface area contributed by atoms with Gasteiger partial charge in [0.25, 0.3) is 11.6 Å². The Labute approximate surface area is 153 Å². The molecule has 1 aromatic carbocycles. The molecule has 7 nitrogen and oxygen atoms in total. The first kappa shape index (κ1) is 16.3. The molecule has 130 valence electrons. The highest BCUT2D eigenvalue weighted by molar-refractivity contribution is 7.13. The summed E-state index contributed by atoms with van der Waals surface area (Å²) in [5.41, 5.74) is 3.40. The quantitative estimate of drug-likeness (QED) is 0.517. The molecule has 0 amide bonds. The Kier molecular flexibility index (Phi) is 4.18. The van der Waals surface area contributed by atoms with E-state index in [1.807, 2.05) is 55.6 Å². The number of carbonyl (C=O) groups is 1. The minimum Gasteiger partial charge on any atom is -0.453 e. The number of esters is 1. The van der Waals surface area contributed by atoms with Gasteiger partial charge in [-0.2, -0.15) is 4.98 Å². The van der Waals surface area contributed by atoms with Gasteiger partial charge in [-0.25, -0.2) is 19.3 Å². The van der Waals surface area contributed by atoms with Gasteiger partial charge in [-0.3, -0.25) is 0 Å². The van der Waals surface area contributed by atoms with Crippen LogP contribution in [0.5, 0.6) is 0 Å². The molecule has 0 aliphatic rings. The topological polar surface area (TPSA) is 82.3 Å². The highest BCUT2D eigenvalue weighted by Crippen LogP contribution is 2.23. The fraction of sp³-hybridized carbons (Fsp3) is 0.167. The number of aryl methyl sites for hydroxylation is 2. The van der Waals surface area contributed by atoms with Crippen molar-refractivity contribution in [2.45, 2.75) is 20.5 Å². The van der Waals surface area contributed by atoms with Crippen LogP contribution in [-0.4, -0.2) is 30.5 Å². The van der Waals surface area contributed by atoms with Crippen LogP contribution in [0.4, 0.5) is 0 Å². The molecule has 4 rings (SSSR count). The lowest BCUT2D eigenvalue weighted by Gasteiger charge is -1.99. The van der Waals surface area contributed by atoms with Gasteiger partial charge in [0.15, 0.2) is 0 Å². The fourth-order valence-corrected chi connectivity index (χ4v) is 3.35. The molecule has 0 fully saturated rings. The van der Waals surface area contributed by atoms with Crippen LogP contribution in [0.15, 0.2) is 41.8 Å². The molecular weight excluding hydrogens is 350 g/mol. The lowest BCUT2D eigenvalue weighted by atomic mass is 10.2. The summed E-state index contributed by atoms with van der Waals surface area (Å²) in [6, 6.07) is 11.7. The first-order valence-electron chi connectivity index (χ1n) is 7.98. The average molecular weight is 365 g/mol. The van der Waals surface area contributed by atoms with Crippen LogP contribution in [0.3, 0.4) is 0 Å². The summed E-state index contributed by atoms with van der Waals surface area (Å²) >= 11 is 1.51. The monoisotopic (exact) mass is 365 g/mol. The number of thiazole rings is 1. The van der Waals surface area contributed by atoms with Crippen LogP contribution in [0.25, 0.3) is 16.3 Å². The molecule has 4 aromatic rings. The van der Waals surface area contributed by atoms with Gasteiger partial charge in [0.1, 0.15) is 11.6 Å². The largest absolute Gasteiger partial charge is 0.453 e. The normalized spacial score (nSPS) is 11.0. The predicted octanol–water partition coefficient (Wildman–Crippen LogP) is 3.22. The van der Waals surface area contributed by atoms with Crippen molar-refractivity contribution in [1.29, 1.82) is 0 Å². The van der Waals surface area contributed by atoms with Crippen molar-refractivity contribution in [2.75, 3.05) is 0 Å². The SMILES string of the molecule is Cc1cc(C)n2nc(C(=O)OCc3csc(-c4ccccc4)n3)nc2n1. The summed E-state index contributed by atoms with van der Waals surface area (Å²) < 4.78 is 6.83. The van der Waals surface area contributed by atoms with E-state index >= 15 is 0 Å². The molecule has 0 spiro atoms. The second-order valence-corrected chi connectivity index (χ2v) is 6.63. The lowest BCUT2D eigenvalue weighted by molar-refractivity contribution is 0.0454. The van der Waals surface area contributed by atoms with Gasteiger partial charge in [-0.05, 0) is 19.9 Å². The zero-order valence-corrected chi connectivity index (χ0v) is 15.0. The van der Waals surface area contributed by atoms with Gasteiger partial charge in [0.2, 0.25) is 0 Å². The number of hydrogen-bond donors (Lipinski definition) is 0. The zero-order valence-electron chi connectivity index (χ0n) is 14.2. The lowest BCUT2D eigenvalue weighted by Crippen LogP contribution is -2.08. The molecule has 0 saturated heterocycles. The smallest absolute Gasteiger partial charge is 0.378 e. The van der Waals surface area contributed by atoms with E-state index in [1.165, 1.54) is 15.9 Å².